The Morgan fingerprint density at radius 2 is 2.25 bits per heavy atom. The van der Waals surface area contributed by atoms with Crippen LogP contribution in [-0.2, 0) is 0 Å². The monoisotopic (exact) mass is 168 g/mol. The summed E-state index contributed by atoms with van der Waals surface area (Å²) in [6.07, 6.45) is 0. The van der Waals surface area contributed by atoms with Crippen molar-refractivity contribution < 1.29 is 9.13 Å². The molecule has 0 aliphatic carbocycles. The van der Waals surface area contributed by atoms with Crippen molar-refractivity contribution in [3.05, 3.63) is 29.6 Å². The fourth-order valence-electron chi connectivity index (χ4n) is 0.928. The third kappa shape index (κ3) is 1.37. The van der Waals surface area contributed by atoms with E-state index in [1.807, 2.05) is 0 Å². The average Bonchev–Trinajstić information content (AvgIpc) is 2.03. The first-order valence-electron chi connectivity index (χ1n) is 3.33. The molecule has 0 fully saturated rings. The van der Waals surface area contributed by atoms with Crippen molar-refractivity contribution in [3.8, 4) is 5.75 Å². The second-order valence-electron chi connectivity index (χ2n) is 2.23. The van der Waals surface area contributed by atoms with Crippen LogP contribution >= 0.6 is 0 Å². The molecule has 0 aromatic heterocycles. The van der Waals surface area contributed by atoms with E-state index in [2.05, 4.69) is 0 Å². The predicted molar refractivity (Wildman–Crippen MR) is 44.0 cm³/mol. The Kier molecular flexibility index (Phi) is 2.28. The van der Waals surface area contributed by atoms with Crippen LogP contribution in [0.15, 0.2) is 18.2 Å². The minimum absolute atomic E-state index is 0.0185. The number of benzene rings is 1. The van der Waals surface area contributed by atoms with E-state index in [9.17, 15) is 4.39 Å². The number of para-hydroxylation sites is 1. The van der Waals surface area contributed by atoms with E-state index in [-0.39, 0.29) is 17.1 Å². The van der Waals surface area contributed by atoms with Gasteiger partial charge in [-0.25, -0.2) is 4.39 Å². The number of hydrogen-bond acceptors (Lipinski definition) is 2. The average molecular weight is 168 g/mol. The molecule has 0 radical (unpaired) electrons. The van der Waals surface area contributed by atoms with E-state index < -0.39 is 5.82 Å². The molecular weight excluding hydrogens is 159 g/mol. The minimum Gasteiger partial charge on any atom is -0.493 e. The zero-order chi connectivity index (χ0) is 9.14. The molecule has 0 saturated carbocycles. The third-order valence-electron chi connectivity index (χ3n) is 1.46. The van der Waals surface area contributed by atoms with Crippen LogP contribution in [0.2, 0.25) is 0 Å². The van der Waals surface area contributed by atoms with E-state index >= 15 is 0 Å². The van der Waals surface area contributed by atoms with Crippen LogP contribution in [0.25, 0.3) is 0 Å². The zero-order valence-corrected chi connectivity index (χ0v) is 6.60. The lowest BCUT2D eigenvalue weighted by molar-refractivity contribution is 0.385. The topological polar surface area (TPSA) is 59.1 Å². The van der Waals surface area contributed by atoms with Gasteiger partial charge in [-0.2, -0.15) is 0 Å². The van der Waals surface area contributed by atoms with Gasteiger partial charge in [0.15, 0.2) is 11.6 Å². The van der Waals surface area contributed by atoms with E-state index in [0.29, 0.717) is 0 Å². The van der Waals surface area contributed by atoms with Crippen LogP contribution in [0.4, 0.5) is 4.39 Å². The number of ether oxygens (including phenoxy) is 1. The van der Waals surface area contributed by atoms with E-state index in [1.54, 1.807) is 0 Å². The number of hydrogen-bond donors (Lipinski definition) is 2. The Hall–Kier alpha value is -1.58. The molecule has 12 heavy (non-hydrogen) atoms. The molecule has 0 amide bonds. The Bertz CT molecular complexity index is 312. The molecule has 3 nitrogen and oxygen atoms in total. The van der Waals surface area contributed by atoms with Gasteiger partial charge in [0.25, 0.3) is 0 Å². The molecule has 0 bridgehead atoms. The Labute approximate surface area is 69.5 Å². The number of nitrogens with two attached hydrogens (primary N) is 1. The highest BCUT2D eigenvalue weighted by Gasteiger charge is 2.09. The first-order valence-corrected chi connectivity index (χ1v) is 3.33. The summed E-state index contributed by atoms with van der Waals surface area (Å²) in [5.41, 5.74) is 5.47. The van der Waals surface area contributed by atoms with Crippen LogP contribution in [0.1, 0.15) is 5.56 Å². The summed E-state index contributed by atoms with van der Waals surface area (Å²) >= 11 is 0. The van der Waals surface area contributed by atoms with Gasteiger partial charge >= 0.3 is 0 Å². The molecule has 1 aromatic carbocycles. The Morgan fingerprint density at radius 3 is 2.67 bits per heavy atom. The van der Waals surface area contributed by atoms with Gasteiger partial charge in [-0.05, 0) is 12.1 Å². The van der Waals surface area contributed by atoms with Gasteiger partial charge in [-0.15, -0.1) is 0 Å². The van der Waals surface area contributed by atoms with Crippen molar-refractivity contribution in [3.63, 3.8) is 0 Å². The smallest absolute Gasteiger partial charge is 0.165 e. The minimum atomic E-state index is -0.509. The second-order valence-corrected chi connectivity index (χ2v) is 2.23. The summed E-state index contributed by atoms with van der Waals surface area (Å²) in [6, 6.07) is 4.27. The van der Waals surface area contributed by atoms with Crippen molar-refractivity contribution in [1.82, 2.24) is 0 Å². The predicted octanol–water partition coefficient (Wildman–Crippen LogP) is 1.12. The molecule has 0 saturated heterocycles. The van der Waals surface area contributed by atoms with Gasteiger partial charge in [0.1, 0.15) is 5.84 Å². The number of rotatable bonds is 2. The van der Waals surface area contributed by atoms with E-state index in [1.165, 1.54) is 25.3 Å². The van der Waals surface area contributed by atoms with Gasteiger partial charge in [0, 0.05) is 0 Å². The molecule has 0 aliphatic heterocycles. The molecule has 0 unspecified atom stereocenters. The highest BCUT2D eigenvalue weighted by molar-refractivity contribution is 5.97. The molecule has 4 heteroatoms. The summed E-state index contributed by atoms with van der Waals surface area (Å²) in [5, 5.41) is 7.11. The molecule has 1 aromatic rings. The summed E-state index contributed by atoms with van der Waals surface area (Å²) in [4.78, 5) is 0. The van der Waals surface area contributed by atoms with Crippen LogP contribution < -0.4 is 10.5 Å². The lowest BCUT2D eigenvalue weighted by Gasteiger charge is -2.06. The normalized spacial score (nSPS) is 9.50. The Balaban J connectivity index is 3.27. The number of methoxy groups -OCH3 is 1. The summed E-state index contributed by atoms with van der Waals surface area (Å²) < 4.78 is 17.7. The summed E-state index contributed by atoms with van der Waals surface area (Å²) in [7, 11) is 1.34. The number of nitrogen functional groups attached to an aromatic ring is 1. The van der Waals surface area contributed by atoms with Crippen molar-refractivity contribution >= 4 is 5.84 Å². The summed E-state index contributed by atoms with van der Waals surface area (Å²) in [6.45, 7) is 0. The van der Waals surface area contributed by atoms with Crippen LogP contribution in [0.3, 0.4) is 0 Å². The summed E-state index contributed by atoms with van der Waals surface area (Å²) in [5.74, 6) is -0.693. The number of nitrogens with one attached hydrogen (secondary N) is 1. The standard InChI is InChI=1S/C8H9FN2O/c1-12-7-5(8(10)11)3-2-4-6(7)9/h2-4H,1H3,(H3,10,11). The van der Waals surface area contributed by atoms with Gasteiger partial charge in [0.2, 0.25) is 0 Å². The van der Waals surface area contributed by atoms with Gasteiger partial charge in [0.05, 0.1) is 12.7 Å². The van der Waals surface area contributed by atoms with Gasteiger partial charge in [-0.1, -0.05) is 6.07 Å². The van der Waals surface area contributed by atoms with E-state index in [0.717, 1.165) is 0 Å². The molecule has 64 valence electrons. The maximum absolute atomic E-state index is 12.9. The van der Waals surface area contributed by atoms with Crippen LogP contribution in [0.5, 0.6) is 5.75 Å². The van der Waals surface area contributed by atoms with Crippen LogP contribution in [0, 0.1) is 11.2 Å². The molecule has 1 rings (SSSR count). The number of amidine groups is 1. The Morgan fingerprint density at radius 1 is 1.58 bits per heavy atom. The highest BCUT2D eigenvalue weighted by Crippen LogP contribution is 2.21. The first kappa shape index (κ1) is 8.52. The third-order valence-corrected chi connectivity index (χ3v) is 1.46. The lowest BCUT2D eigenvalue weighted by atomic mass is 10.2. The maximum Gasteiger partial charge on any atom is 0.165 e. The SMILES string of the molecule is COc1c(F)cccc1C(=N)N. The first-order chi connectivity index (χ1) is 5.66. The molecule has 0 spiro atoms. The van der Waals surface area contributed by atoms with Crippen molar-refractivity contribution in [2.24, 2.45) is 5.73 Å². The van der Waals surface area contributed by atoms with Gasteiger partial charge in [-0.3, -0.25) is 5.41 Å². The molecule has 0 heterocycles. The maximum atomic E-state index is 12.9. The molecular formula is C8H9FN2O. The quantitative estimate of drug-likeness (QED) is 0.513. The van der Waals surface area contributed by atoms with E-state index in [4.69, 9.17) is 15.9 Å². The van der Waals surface area contributed by atoms with Crippen LogP contribution in [-0.4, -0.2) is 12.9 Å². The number of halogens is 1. The lowest BCUT2D eigenvalue weighted by Crippen LogP contribution is -2.13. The fourth-order valence-corrected chi connectivity index (χ4v) is 0.928. The van der Waals surface area contributed by atoms with Crippen molar-refractivity contribution in [1.29, 1.82) is 5.41 Å². The molecule has 0 atom stereocenters. The zero-order valence-electron chi connectivity index (χ0n) is 6.60. The highest BCUT2D eigenvalue weighted by atomic mass is 19.1. The fraction of sp³-hybridized carbons (Fsp3) is 0.125. The molecule has 0 aliphatic rings. The van der Waals surface area contributed by atoms with Crippen molar-refractivity contribution in [2.75, 3.05) is 7.11 Å². The second kappa shape index (κ2) is 3.21. The largest absolute Gasteiger partial charge is 0.493 e. The molecule has 3 N–H and O–H groups in total. The van der Waals surface area contributed by atoms with Crippen molar-refractivity contribution in [2.45, 2.75) is 0 Å². The van der Waals surface area contributed by atoms with Gasteiger partial charge < -0.3 is 10.5 Å².